The first-order valence-electron chi connectivity index (χ1n) is 8.60. The standard InChI is InChI=1S/C21H16FN3O3/c1-12-9-13(2)25(24-12)17-8-7-14(10-16(17)22)23-21(27)20-11-18(26)15-5-3-4-6-19(15)28-20/h3-11H,1-2H3,(H,23,27). The maximum atomic E-state index is 14.6. The highest BCUT2D eigenvalue weighted by atomic mass is 19.1. The number of halogens is 1. The van der Waals surface area contributed by atoms with Crippen molar-refractivity contribution in [3.63, 3.8) is 0 Å². The van der Waals surface area contributed by atoms with Gasteiger partial charge >= 0.3 is 0 Å². The molecule has 28 heavy (non-hydrogen) atoms. The molecule has 2 heterocycles. The van der Waals surface area contributed by atoms with Gasteiger partial charge in [0.2, 0.25) is 0 Å². The lowest BCUT2D eigenvalue weighted by Crippen LogP contribution is -2.15. The molecule has 6 nitrogen and oxygen atoms in total. The summed E-state index contributed by atoms with van der Waals surface area (Å²) < 4.78 is 21.6. The first-order chi connectivity index (χ1) is 13.4. The molecule has 0 spiro atoms. The molecule has 0 radical (unpaired) electrons. The van der Waals surface area contributed by atoms with Crippen LogP contribution in [0, 0.1) is 19.7 Å². The normalized spacial score (nSPS) is 11.0. The van der Waals surface area contributed by atoms with Crippen LogP contribution in [0.3, 0.4) is 0 Å². The average molecular weight is 377 g/mol. The average Bonchev–Trinajstić information content (AvgIpc) is 2.99. The van der Waals surface area contributed by atoms with E-state index in [9.17, 15) is 14.0 Å². The van der Waals surface area contributed by atoms with E-state index in [0.29, 0.717) is 11.0 Å². The Bertz CT molecular complexity index is 1270. The number of aryl methyl sites for hydroxylation is 2. The third-order valence-corrected chi connectivity index (χ3v) is 4.30. The molecule has 140 valence electrons. The Morgan fingerprint density at radius 1 is 1.11 bits per heavy atom. The summed E-state index contributed by atoms with van der Waals surface area (Å²) >= 11 is 0. The lowest BCUT2D eigenvalue weighted by molar-refractivity contribution is 0.0997. The highest BCUT2D eigenvalue weighted by molar-refractivity contribution is 6.03. The molecule has 0 unspecified atom stereocenters. The van der Waals surface area contributed by atoms with Gasteiger partial charge in [0.25, 0.3) is 5.91 Å². The molecule has 2 aromatic carbocycles. The van der Waals surface area contributed by atoms with Crippen LogP contribution in [0.1, 0.15) is 21.9 Å². The summed E-state index contributed by atoms with van der Waals surface area (Å²) in [5.74, 6) is -1.32. The molecule has 7 heteroatoms. The molecule has 1 amide bonds. The fourth-order valence-corrected chi connectivity index (χ4v) is 3.04. The number of aromatic nitrogens is 2. The number of carbonyl (C=O) groups excluding carboxylic acids is 1. The number of anilines is 1. The van der Waals surface area contributed by atoms with Crippen LogP contribution in [0.2, 0.25) is 0 Å². The Balaban J connectivity index is 1.63. The summed E-state index contributed by atoms with van der Waals surface area (Å²) in [6.07, 6.45) is 0. The summed E-state index contributed by atoms with van der Waals surface area (Å²) in [7, 11) is 0. The number of rotatable bonds is 3. The number of nitrogens with zero attached hydrogens (tertiary/aromatic N) is 2. The van der Waals surface area contributed by atoms with Crippen molar-refractivity contribution < 1.29 is 13.6 Å². The summed E-state index contributed by atoms with van der Waals surface area (Å²) in [4.78, 5) is 24.6. The topological polar surface area (TPSA) is 77.1 Å². The van der Waals surface area contributed by atoms with Crippen LogP contribution in [0.5, 0.6) is 0 Å². The Morgan fingerprint density at radius 3 is 2.61 bits per heavy atom. The minimum Gasteiger partial charge on any atom is -0.451 e. The van der Waals surface area contributed by atoms with Crippen LogP contribution >= 0.6 is 0 Å². The van der Waals surface area contributed by atoms with E-state index < -0.39 is 11.7 Å². The van der Waals surface area contributed by atoms with E-state index in [2.05, 4.69) is 10.4 Å². The summed E-state index contributed by atoms with van der Waals surface area (Å²) in [5, 5.41) is 7.19. The van der Waals surface area contributed by atoms with Gasteiger partial charge in [-0.05, 0) is 50.2 Å². The smallest absolute Gasteiger partial charge is 0.291 e. The molecule has 0 saturated carbocycles. The van der Waals surface area contributed by atoms with Gasteiger partial charge in [0.05, 0.1) is 11.1 Å². The van der Waals surface area contributed by atoms with Gasteiger partial charge in [-0.15, -0.1) is 0 Å². The van der Waals surface area contributed by atoms with Crippen LogP contribution in [0.15, 0.2) is 63.8 Å². The molecule has 0 fully saturated rings. The number of fused-ring (bicyclic) bond motifs is 1. The molecular formula is C21H16FN3O3. The maximum absolute atomic E-state index is 14.6. The molecule has 0 saturated heterocycles. The van der Waals surface area contributed by atoms with Crippen molar-refractivity contribution in [1.29, 1.82) is 0 Å². The fourth-order valence-electron chi connectivity index (χ4n) is 3.04. The summed E-state index contributed by atoms with van der Waals surface area (Å²) in [6, 6.07) is 13.9. The minimum absolute atomic E-state index is 0.147. The first-order valence-corrected chi connectivity index (χ1v) is 8.60. The Morgan fingerprint density at radius 2 is 1.89 bits per heavy atom. The van der Waals surface area contributed by atoms with Crippen molar-refractivity contribution >= 4 is 22.6 Å². The van der Waals surface area contributed by atoms with Crippen molar-refractivity contribution in [2.45, 2.75) is 13.8 Å². The lowest BCUT2D eigenvalue weighted by Gasteiger charge is -2.09. The number of nitrogens with one attached hydrogen (secondary N) is 1. The number of para-hydroxylation sites is 1. The monoisotopic (exact) mass is 377 g/mol. The number of carbonyl (C=O) groups is 1. The number of benzene rings is 2. The van der Waals surface area contributed by atoms with Gasteiger partial charge in [0.15, 0.2) is 17.0 Å². The van der Waals surface area contributed by atoms with E-state index in [1.54, 1.807) is 30.3 Å². The zero-order chi connectivity index (χ0) is 19.8. The second-order valence-electron chi connectivity index (χ2n) is 6.43. The van der Waals surface area contributed by atoms with E-state index in [0.717, 1.165) is 17.5 Å². The van der Waals surface area contributed by atoms with Gasteiger partial charge < -0.3 is 9.73 Å². The maximum Gasteiger partial charge on any atom is 0.291 e. The number of amides is 1. The third kappa shape index (κ3) is 3.18. The van der Waals surface area contributed by atoms with Crippen molar-refractivity contribution in [2.24, 2.45) is 0 Å². The van der Waals surface area contributed by atoms with Gasteiger partial charge in [-0.1, -0.05) is 12.1 Å². The van der Waals surface area contributed by atoms with Crippen LogP contribution < -0.4 is 10.7 Å². The SMILES string of the molecule is Cc1cc(C)n(-c2ccc(NC(=O)c3cc(=O)c4ccccc4o3)cc2F)n1. The predicted octanol–water partition coefficient (Wildman–Crippen LogP) is 3.99. The largest absolute Gasteiger partial charge is 0.451 e. The van der Waals surface area contributed by atoms with E-state index in [-0.39, 0.29) is 22.6 Å². The zero-order valence-electron chi connectivity index (χ0n) is 15.2. The molecule has 2 aromatic heterocycles. The van der Waals surface area contributed by atoms with Crippen molar-refractivity contribution in [3.05, 3.63) is 87.8 Å². The number of hydrogen-bond donors (Lipinski definition) is 1. The third-order valence-electron chi connectivity index (χ3n) is 4.30. The van der Waals surface area contributed by atoms with Gasteiger partial charge in [-0.25, -0.2) is 9.07 Å². The second-order valence-corrected chi connectivity index (χ2v) is 6.43. The van der Waals surface area contributed by atoms with Gasteiger partial charge in [-0.3, -0.25) is 9.59 Å². The summed E-state index contributed by atoms with van der Waals surface area (Å²) in [5.41, 5.74) is 2.08. The molecule has 1 N–H and O–H groups in total. The highest BCUT2D eigenvalue weighted by Gasteiger charge is 2.15. The van der Waals surface area contributed by atoms with Gasteiger partial charge in [0.1, 0.15) is 11.3 Å². The molecule has 0 aliphatic heterocycles. The van der Waals surface area contributed by atoms with Crippen molar-refractivity contribution in [3.8, 4) is 5.69 Å². The van der Waals surface area contributed by atoms with E-state index >= 15 is 0 Å². The van der Waals surface area contributed by atoms with Crippen molar-refractivity contribution in [1.82, 2.24) is 9.78 Å². The van der Waals surface area contributed by atoms with Gasteiger partial charge in [-0.2, -0.15) is 5.10 Å². The zero-order valence-corrected chi connectivity index (χ0v) is 15.2. The van der Waals surface area contributed by atoms with Crippen LogP contribution in [-0.2, 0) is 0 Å². The first kappa shape index (κ1) is 17.7. The molecule has 0 aliphatic carbocycles. The van der Waals surface area contributed by atoms with Crippen LogP contribution in [0.25, 0.3) is 16.7 Å². The van der Waals surface area contributed by atoms with Crippen molar-refractivity contribution in [2.75, 3.05) is 5.32 Å². The fraction of sp³-hybridized carbons (Fsp3) is 0.0952. The molecule has 4 rings (SSSR count). The molecule has 0 atom stereocenters. The lowest BCUT2D eigenvalue weighted by atomic mass is 10.2. The molecule has 0 bridgehead atoms. The Labute approximate surface area is 159 Å². The van der Waals surface area contributed by atoms with E-state index in [1.807, 2.05) is 19.9 Å². The predicted molar refractivity (Wildman–Crippen MR) is 103 cm³/mol. The second kappa shape index (κ2) is 6.77. The molecule has 4 aromatic rings. The molecule has 0 aliphatic rings. The van der Waals surface area contributed by atoms with Crippen LogP contribution in [0.4, 0.5) is 10.1 Å². The van der Waals surface area contributed by atoms with E-state index in [1.165, 1.54) is 16.8 Å². The quantitative estimate of drug-likeness (QED) is 0.586. The highest BCUT2D eigenvalue weighted by Crippen LogP contribution is 2.21. The summed E-state index contributed by atoms with van der Waals surface area (Å²) in [6.45, 7) is 3.66. The van der Waals surface area contributed by atoms with Crippen LogP contribution in [-0.4, -0.2) is 15.7 Å². The minimum atomic E-state index is -0.638. The van der Waals surface area contributed by atoms with Gasteiger partial charge in [0, 0.05) is 17.4 Å². The Kier molecular flexibility index (Phi) is 4.27. The Hall–Kier alpha value is -3.74. The number of hydrogen-bond acceptors (Lipinski definition) is 4. The van der Waals surface area contributed by atoms with E-state index in [4.69, 9.17) is 4.42 Å². The molecular weight excluding hydrogens is 361 g/mol.